The van der Waals surface area contributed by atoms with E-state index in [1.54, 1.807) is 0 Å². The van der Waals surface area contributed by atoms with Gasteiger partial charge in [-0.2, -0.15) is 4.99 Å². The zero-order valence-corrected chi connectivity index (χ0v) is 14.9. The van der Waals surface area contributed by atoms with Gasteiger partial charge in [-0.3, -0.25) is 0 Å². The zero-order valence-electron chi connectivity index (χ0n) is 12.5. The molecule has 21 heavy (non-hydrogen) atoms. The smallest absolute Gasteiger partial charge is 0.227 e. The van der Waals surface area contributed by atoms with E-state index in [-0.39, 0.29) is 24.0 Å². The molecule has 2 fully saturated rings. The fourth-order valence-electron chi connectivity index (χ4n) is 2.75. The van der Waals surface area contributed by atoms with Crippen molar-refractivity contribution in [3.63, 3.8) is 0 Å². The Kier molecular flexibility index (Phi) is 6.02. The monoisotopic (exact) mass is 398 g/mol. The van der Waals surface area contributed by atoms with Crippen LogP contribution in [0.5, 0.6) is 0 Å². The molecule has 4 nitrogen and oxygen atoms in total. The Balaban J connectivity index is 0.00000161. The minimum Gasteiger partial charge on any atom is -0.363 e. The highest BCUT2D eigenvalue weighted by Crippen LogP contribution is 2.17. The van der Waals surface area contributed by atoms with E-state index in [2.05, 4.69) is 16.8 Å². The number of aliphatic imine (C=N–C) groups is 2. The van der Waals surface area contributed by atoms with E-state index in [1.165, 1.54) is 25.1 Å². The van der Waals surface area contributed by atoms with Crippen molar-refractivity contribution in [1.29, 1.82) is 0 Å². The van der Waals surface area contributed by atoms with Gasteiger partial charge in [-0.05, 0) is 31.4 Å². The van der Waals surface area contributed by atoms with Gasteiger partial charge in [-0.1, -0.05) is 18.2 Å². The predicted octanol–water partition coefficient (Wildman–Crippen LogP) is 3.51. The van der Waals surface area contributed by atoms with Gasteiger partial charge in [0.2, 0.25) is 5.96 Å². The van der Waals surface area contributed by atoms with Gasteiger partial charge in [0.05, 0.1) is 5.69 Å². The maximum Gasteiger partial charge on any atom is 0.227 e. The Bertz CT molecular complexity index is 506. The fraction of sp³-hybridized carbons (Fsp3) is 0.500. The van der Waals surface area contributed by atoms with Crippen LogP contribution < -0.4 is 0 Å². The predicted molar refractivity (Wildman–Crippen MR) is 99.1 cm³/mol. The average molecular weight is 398 g/mol. The van der Waals surface area contributed by atoms with E-state index >= 15 is 0 Å². The van der Waals surface area contributed by atoms with Crippen molar-refractivity contribution in [2.24, 2.45) is 9.98 Å². The van der Waals surface area contributed by atoms with Crippen LogP contribution in [0.2, 0.25) is 0 Å². The number of hydrogen-bond acceptors (Lipinski definition) is 1. The summed E-state index contributed by atoms with van der Waals surface area (Å²) < 4.78 is 0. The van der Waals surface area contributed by atoms with E-state index in [9.17, 15) is 0 Å². The van der Waals surface area contributed by atoms with E-state index in [1.807, 2.05) is 30.3 Å². The van der Waals surface area contributed by atoms with Gasteiger partial charge in [0, 0.05) is 33.1 Å². The third kappa shape index (κ3) is 4.18. The Morgan fingerprint density at radius 3 is 2.33 bits per heavy atom. The Hall–Kier alpha value is -1.11. The van der Waals surface area contributed by atoms with E-state index in [4.69, 9.17) is 9.98 Å². The highest BCUT2D eigenvalue weighted by Gasteiger charge is 2.20. The van der Waals surface area contributed by atoms with Crippen molar-refractivity contribution >= 4 is 41.5 Å². The first-order valence-corrected chi connectivity index (χ1v) is 7.50. The van der Waals surface area contributed by atoms with Crippen LogP contribution in [0.4, 0.5) is 5.69 Å². The van der Waals surface area contributed by atoms with E-state index < -0.39 is 0 Å². The molecule has 1 aromatic carbocycles. The Morgan fingerprint density at radius 2 is 1.71 bits per heavy atom. The lowest BCUT2D eigenvalue weighted by atomic mass is 10.3. The Morgan fingerprint density at radius 1 is 1.00 bits per heavy atom. The maximum absolute atomic E-state index is 4.85. The molecular formula is C16H23IN4. The van der Waals surface area contributed by atoms with Gasteiger partial charge in [0.15, 0.2) is 0 Å². The van der Waals surface area contributed by atoms with E-state index in [0.717, 1.165) is 37.7 Å². The normalized spacial score (nSPS) is 21.0. The summed E-state index contributed by atoms with van der Waals surface area (Å²) in [6.45, 7) is 3.26. The first-order chi connectivity index (χ1) is 9.83. The van der Waals surface area contributed by atoms with Gasteiger partial charge in [0.1, 0.15) is 5.84 Å². The average Bonchev–Trinajstić information content (AvgIpc) is 3.12. The van der Waals surface area contributed by atoms with Crippen LogP contribution in [0, 0.1) is 0 Å². The maximum atomic E-state index is 4.85. The van der Waals surface area contributed by atoms with Crippen molar-refractivity contribution in [3.8, 4) is 0 Å². The molecule has 2 saturated heterocycles. The zero-order chi connectivity index (χ0) is 13.8. The highest BCUT2D eigenvalue weighted by molar-refractivity contribution is 14.0. The molecule has 0 N–H and O–H groups in total. The first-order valence-electron chi connectivity index (χ1n) is 7.50. The lowest BCUT2D eigenvalue weighted by Crippen LogP contribution is -2.29. The fourth-order valence-corrected chi connectivity index (χ4v) is 2.75. The lowest BCUT2D eigenvalue weighted by molar-refractivity contribution is 0.510. The number of guanidine groups is 1. The molecule has 3 rings (SSSR count). The Labute approximate surface area is 144 Å². The summed E-state index contributed by atoms with van der Waals surface area (Å²) in [4.78, 5) is 14.2. The third-order valence-electron chi connectivity index (χ3n) is 3.94. The number of amidine groups is 1. The second-order valence-electron chi connectivity index (χ2n) is 5.49. The summed E-state index contributed by atoms with van der Waals surface area (Å²) in [5.41, 5.74) is 0.986. The van der Waals surface area contributed by atoms with Crippen molar-refractivity contribution in [2.75, 3.05) is 26.7 Å². The van der Waals surface area contributed by atoms with Gasteiger partial charge < -0.3 is 9.80 Å². The summed E-state index contributed by atoms with van der Waals surface area (Å²) in [6, 6.07) is 10.1. The van der Waals surface area contributed by atoms with Crippen molar-refractivity contribution in [3.05, 3.63) is 30.3 Å². The number of benzene rings is 1. The first kappa shape index (κ1) is 16.3. The van der Waals surface area contributed by atoms with Gasteiger partial charge >= 0.3 is 0 Å². The third-order valence-corrected chi connectivity index (χ3v) is 3.94. The number of rotatable bonds is 1. The molecule has 2 aliphatic heterocycles. The molecular weight excluding hydrogens is 375 g/mol. The van der Waals surface area contributed by atoms with Crippen LogP contribution in [0.1, 0.15) is 25.7 Å². The van der Waals surface area contributed by atoms with Crippen LogP contribution in [0.3, 0.4) is 0 Å². The SMILES string of the molecule is CN1CCCC1=NC(=Nc1ccccc1)N1CCCC1.I. The molecule has 0 bridgehead atoms. The van der Waals surface area contributed by atoms with Crippen LogP contribution in [-0.4, -0.2) is 48.3 Å². The number of para-hydroxylation sites is 1. The summed E-state index contributed by atoms with van der Waals surface area (Å²) >= 11 is 0. The molecule has 2 aliphatic rings. The van der Waals surface area contributed by atoms with Crippen LogP contribution in [-0.2, 0) is 0 Å². The number of likely N-dealkylation sites (tertiary alicyclic amines) is 2. The molecule has 5 heteroatoms. The summed E-state index contributed by atoms with van der Waals surface area (Å²) in [5.74, 6) is 2.06. The van der Waals surface area contributed by atoms with Crippen LogP contribution >= 0.6 is 24.0 Å². The summed E-state index contributed by atoms with van der Waals surface area (Å²) in [7, 11) is 2.12. The second-order valence-corrected chi connectivity index (χ2v) is 5.49. The summed E-state index contributed by atoms with van der Waals surface area (Å²) in [6.07, 6.45) is 4.76. The van der Waals surface area contributed by atoms with Crippen molar-refractivity contribution < 1.29 is 0 Å². The standard InChI is InChI=1S/C16H22N4.HI/c1-19-11-7-10-15(19)18-16(20-12-5-6-13-20)17-14-8-3-2-4-9-14;/h2-4,8-9H,5-7,10-13H2,1H3;1H. The molecule has 2 heterocycles. The number of hydrogen-bond donors (Lipinski definition) is 0. The molecule has 0 aromatic heterocycles. The van der Waals surface area contributed by atoms with E-state index in [0.29, 0.717) is 0 Å². The van der Waals surface area contributed by atoms with Gasteiger partial charge in [-0.15, -0.1) is 24.0 Å². The minimum atomic E-state index is 0. The molecule has 114 valence electrons. The topological polar surface area (TPSA) is 31.2 Å². The quantitative estimate of drug-likeness (QED) is 0.412. The van der Waals surface area contributed by atoms with Gasteiger partial charge in [-0.25, -0.2) is 4.99 Å². The van der Waals surface area contributed by atoms with Crippen molar-refractivity contribution in [2.45, 2.75) is 25.7 Å². The highest BCUT2D eigenvalue weighted by atomic mass is 127. The number of nitrogens with zero attached hydrogens (tertiary/aromatic N) is 4. The molecule has 0 aliphatic carbocycles. The molecule has 0 unspecified atom stereocenters. The largest absolute Gasteiger partial charge is 0.363 e. The van der Waals surface area contributed by atoms with Crippen molar-refractivity contribution in [1.82, 2.24) is 9.80 Å². The molecule has 0 radical (unpaired) electrons. The van der Waals surface area contributed by atoms with Crippen LogP contribution in [0.25, 0.3) is 0 Å². The number of halogens is 1. The second kappa shape index (κ2) is 7.77. The minimum absolute atomic E-state index is 0. The molecule has 1 aromatic rings. The molecule has 0 spiro atoms. The summed E-state index contributed by atoms with van der Waals surface area (Å²) in [5, 5.41) is 0. The van der Waals surface area contributed by atoms with Gasteiger partial charge in [0.25, 0.3) is 0 Å². The molecule has 0 saturated carbocycles. The molecule has 0 amide bonds. The van der Waals surface area contributed by atoms with Crippen LogP contribution in [0.15, 0.2) is 40.3 Å². The lowest BCUT2D eigenvalue weighted by Gasteiger charge is -2.19. The molecule has 0 atom stereocenters.